The van der Waals surface area contributed by atoms with Gasteiger partial charge in [0.2, 0.25) is 0 Å². The van der Waals surface area contributed by atoms with Gasteiger partial charge >= 0.3 is 11.9 Å². The van der Waals surface area contributed by atoms with Gasteiger partial charge in [0.05, 0.1) is 23.8 Å². The Bertz CT molecular complexity index is 765. The van der Waals surface area contributed by atoms with Crippen LogP contribution in [0.25, 0.3) is 0 Å². The molecule has 130 valence electrons. The van der Waals surface area contributed by atoms with Crippen LogP contribution in [0.5, 0.6) is 5.75 Å². The van der Waals surface area contributed by atoms with E-state index in [-0.39, 0.29) is 23.3 Å². The van der Waals surface area contributed by atoms with Crippen LogP contribution >= 0.6 is 0 Å². The highest BCUT2D eigenvalue weighted by atomic mass is 16.5. The first-order valence-electron chi connectivity index (χ1n) is 7.95. The minimum atomic E-state index is -1.29. The zero-order valence-corrected chi connectivity index (χ0v) is 13.4. The van der Waals surface area contributed by atoms with E-state index >= 15 is 0 Å². The minimum Gasteiger partial charge on any atom is -0.490 e. The summed E-state index contributed by atoms with van der Waals surface area (Å²) < 4.78 is 11.5. The minimum absolute atomic E-state index is 0.0573. The molecule has 6 nitrogen and oxygen atoms in total. The molecule has 0 atom stereocenters. The van der Waals surface area contributed by atoms with Crippen LogP contribution in [0.15, 0.2) is 48.5 Å². The van der Waals surface area contributed by atoms with Crippen LogP contribution in [-0.2, 0) is 11.3 Å². The van der Waals surface area contributed by atoms with Crippen LogP contribution in [-0.4, -0.2) is 34.4 Å². The van der Waals surface area contributed by atoms with Crippen LogP contribution in [0.4, 0.5) is 0 Å². The maximum atomic E-state index is 11.2. The Labute approximate surface area is 144 Å². The summed E-state index contributed by atoms with van der Waals surface area (Å²) in [5.41, 5.74) is 0.584. The molecular weight excluding hydrogens is 324 g/mol. The van der Waals surface area contributed by atoms with Crippen LogP contribution in [0.3, 0.4) is 0 Å². The fraction of sp³-hybridized carbons (Fsp3) is 0.263. The maximum Gasteiger partial charge on any atom is 0.336 e. The molecule has 0 aromatic heterocycles. The number of hydrogen-bond acceptors (Lipinski definition) is 4. The van der Waals surface area contributed by atoms with Crippen molar-refractivity contribution in [3.8, 4) is 5.75 Å². The number of carboxylic acids is 2. The average molecular weight is 342 g/mol. The van der Waals surface area contributed by atoms with Crippen LogP contribution in [0, 0.1) is 0 Å². The second-order valence-corrected chi connectivity index (χ2v) is 5.95. The first-order valence-corrected chi connectivity index (χ1v) is 7.95. The average Bonchev–Trinajstić information content (AvgIpc) is 2.57. The number of rotatable bonds is 7. The first kappa shape index (κ1) is 17.0. The van der Waals surface area contributed by atoms with Crippen molar-refractivity contribution in [3.05, 3.63) is 65.2 Å². The molecule has 0 saturated heterocycles. The van der Waals surface area contributed by atoms with Crippen molar-refractivity contribution in [2.75, 3.05) is 0 Å². The summed E-state index contributed by atoms with van der Waals surface area (Å²) in [6.45, 7) is 0.550. The normalized spacial score (nSPS) is 19.0. The van der Waals surface area contributed by atoms with Crippen molar-refractivity contribution in [2.45, 2.75) is 31.7 Å². The topological polar surface area (TPSA) is 93.1 Å². The van der Waals surface area contributed by atoms with Gasteiger partial charge in [-0.15, -0.1) is 0 Å². The molecule has 6 heteroatoms. The van der Waals surface area contributed by atoms with E-state index in [4.69, 9.17) is 19.7 Å². The van der Waals surface area contributed by atoms with Crippen molar-refractivity contribution in [1.82, 2.24) is 0 Å². The van der Waals surface area contributed by atoms with E-state index in [1.54, 1.807) is 0 Å². The molecule has 1 saturated carbocycles. The Kier molecular flexibility index (Phi) is 5.00. The van der Waals surface area contributed by atoms with Gasteiger partial charge in [0, 0.05) is 12.8 Å². The summed E-state index contributed by atoms with van der Waals surface area (Å²) in [6, 6.07) is 13.9. The largest absolute Gasteiger partial charge is 0.490 e. The van der Waals surface area contributed by atoms with Gasteiger partial charge in [-0.3, -0.25) is 0 Å². The molecule has 1 aliphatic carbocycles. The summed E-state index contributed by atoms with van der Waals surface area (Å²) in [5.74, 6) is -2.21. The highest BCUT2D eigenvalue weighted by molar-refractivity contribution is 6.01. The van der Waals surface area contributed by atoms with E-state index in [0.29, 0.717) is 12.4 Å². The van der Waals surface area contributed by atoms with E-state index in [1.807, 2.05) is 30.3 Å². The molecular formula is C19H18O6. The Morgan fingerprint density at radius 3 is 2.24 bits per heavy atom. The number of hydrogen-bond donors (Lipinski definition) is 2. The first-order chi connectivity index (χ1) is 12.0. The molecule has 0 unspecified atom stereocenters. The lowest BCUT2D eigenvalue weighted by atomic mass is 9.91. The molecule has 3 rings (SSSR count). The SMILES string of the molecule is O=C(O)c1ccc(OC2CC(OCc3ccccc3)C2)cc1C(=O)O. The second kappa shape index (κ2) is 7.36. The zero-order chi connectivity index (χ0) is 17.8. The van der Waals surface area contributed by atoms with Gasteiger partial charge in [-0.05, 0) is 23.8 Å². The van der Waals surface area contributed by atoms with Gasteiger partial charge in [0.15, 0.2) is 0 Å². The molecule has 0 aliphatic heterocycles. The van der Waals surface area contributed by atoms with Crippen LogP contribution in [0.2, 0.25) is 0 Å². The lowest BCUT2D eigenvalue weighted by Crippen LogP contribution is -2.39. The smallest absolute Gasteiger partial charge is 0.336 e. The molecule has 2 N–H and O–H groups in total. The van der Waals surface area contributed by atoms with Crippen LogP contribution < -0.4 is 4.74 Å². The molecule has 1 fully saturated rings. The number of ether oxygens (including phenoxy) is 2. The maximum absolute atomic E-state index is 11.2. The Morgan fingerprint density at radius 1 is 0.920 bits per heavy atom. The zero-order valence-electron chi connectivity index (χ0n) is 13.4. The van der Waals surface area contributed by atoms with Crippen molar-refractivity contribution in [1.29, 1.82) is 0 Å². The van der Waals surface area contributed by atoms with Crippen molar-refractivity contribution in [3.63, 3.8) is 0 Å². The summed E-state index contributed by atoms with van der Waals surface area (Å²) in [6.07, 6.45) is 1.49. The number of aromatic carboxylic acids is 2. The molecule has 0 radical (unpaired) electrons. The quantitative estimate of drug-likeness (QED) is 0.802. The Balaban J connectivity index is 1.52. The van der Waals surface area contributed by atoms with Crippen LogP contribution in [0.1, 0.15) is 39.1 Å². The van der Waals surface area contributed by atoms with Crippen molar-refractivity contribution < 1.29 is 29.3 Å². The predicted molar refractivity (Wildman–Crippen MR) is 89.0 cm³/mol. The molecule has 0 bridgehead atoms. The van der Waals surface area contributed by atoms with E-state index in [0.717, 1.165) is 18.4 Å². The van der Waals surface area contributed by atoms with Gasteiger partial charge in [0.1, 0.15) is 11.9 Å². The fourth-order valence-corrected chi connectivity index (χ4v) is 2.69. The molecule has 2 aromatic rings. The van der Waals surface area contributed by atoms with Gasteiger partial charge in [-0.1, -0.05) is 30.3 Å². The summed E-state index contributed by atoms with van der Waals surface area (Å²) in [4.78, 5) is 22.2. The van der Waals surface area contributed by atoms with Gasteiger partial charge < -0.3 is 19.7 Å². The Morgan fingerprint density at radius 2 is 1.60 bits per heavy atom. The van der Waals surface area contributed by atoms with Crippen molar-refractivity contribution in [2.24, 2.45) is 0 Å². The van der Waals surface area contributed by atoms with E-state index in [2.05, 4.69) is 0 Å². The lowest BCUT2D eigenvalue weighted by molar-refractivity contribution is -0.0683. The summed E-state index contributed by atoms with van der Waals surface area (Å²) in [7, 11) is 0. The van der Waals surface area contributed by atoms with E-state index < -0.39 is 11.9 Å². The standard InChI is InChI=1S/C19H18O6/c20-18(21)16-7-6-13(10-17(16)19(22)23)25-15-8-14(9-15)24-11-12-4-2-1-3-5-12/h1-7,10,14-15H,8-9,11H2,(H,20,21)(H,22,23). The Hall–Kier alpha value is -2.86. The summed E-state index contributed by atoms with van der Waals surface area (Å²) >= 11 is 0. The number of carbonyl (C=O) groups is 2. The molecule has 1 aliphatic rings. The van der Waals surface area contributed by atoms with Gasteiger partial charge in [-0.2, -0.15) is 0 Å². The second-order valence-electron chi connectivity index (χ2n) is 5.95. The molecule has 0 spiro atoms. The third-order valence-corrected chi connectivity index (χ3v) is 4.13. The summed E-state index contributed by atoms with van der Waals surface area (Å²) in [5, 5.41) is 18.1. The molecule has 25 heavy (non-hydrogen) atoms. The van der Waals surface area contributed by atoms with Gasteiger partial charge in [-0.25, -0.2) is 9.59 Å². The van der Waals surface area contributed by atoms with Crippen molar-refractivity contribution >= 4 is 11.9 Å². The number of benzene rings is 2. The molecule has 2 aromatic carbocycles. The third kappa shape index (κ3) is 4.16. The third-order valence-electron chi connectivity index (χ3n) is 4.13. The van der Waals surface area contributed by atoms with Gasteiger partial charge in [0.25, 0.3) is 0 Å². The fourth-order valence-electron chi connectivity index (χ4n) is 2.69. The monoisotopic (exact) mass is 342 g/mol. The number of carboxylic acid groups (broad SMARTS) is 2. The lowest BCUT2D eigenvalue weighted by Gasteiger charge is -2.35. The molecule has 0 heterocycles. The van der Waals surface area contributed by atoms with E-state index in [9.17, 15) is 9.59 Å². The molecule has 0 amide bonds. The van der Waals surface area contributed by atoms with E-state index in [1.165, 1.54) is 18.2 Å². The highest BCUT2D eigenvalue weighted by Gasteiger charge is 2.32. The predicted octanol–water partition coefficient (Wildman–Crippen LogP) is 3.21. The highest BCUT2D eigenvalue weighted by Crippen LogP contribution is 2.30.